The van der Waals surface area contributed by atoms with Crippen molar-refractivity contribution in [2.75, 3.05) is 20.3 Å². The second-order valence-electron chi connectivity index (χ2n) is 7.30. The number of methoxy groups -OCH3 is 1. The highest BCUT2D eigenvalue weighted by molar-refractivity contribution is 14.0. The van der Waals surface area contributed by atoms with Crippen molar-refractivity contribution in [3.63, 3.8) is 0 Å². The third-order valence-electron chi connectivity index (χ3n) is 4.21. The van der Waals surface area contributed by atoms with E-state index in [0.717, 1.165) is 17.9 Å². The number of nitrogens with two attached hydrogens (primary N) is 1. The van der Waals surface area contributed by atoms with Crippen LogP contribution in [0.4, 0.5) is 0 Å². The minimum absolute atomic E-state index is 0. The minimum Gasteiger partial charge on any atom is -0.493 e. The quantitative estimate of drug-likeness (QED) is 0.223. The van der Waals surface area contributed by atoms with Gasteiger partial charge in [0.05, 0.1) is 13.7 Å². The first-order chi connectivity index (χ1) is 13.3. The van der Waals surface area contributed by atoms with Crippen LogP contribution in [0.15, 0.2) is 23.2 Å². The average Bonchev–Trinajstić information content (AvgIpc) is 2.64. The minimum atomic E-state index is -0.167. The Morgan fingerprint density at radius 3 is 2.55 bits per heavy atom. The molecule has 0 heterocycles. The summed E-state index contributed by atoms with van der Waals surface area (Å²) < 4.78 is 10.9. The lowest BCUT2D eigenvalue weighted by Crippen LogP contribution is -2.38. The number of likely N-dealkylation sites (N-methyl/N-ethyl adjacent to an activating group) is 1. The van der Waals surface area contributed by atoms with E-state index in [1.807, 2.05) is 19.1 Å². The van der Waals surface area contributed by atoms with Crippen molar-refractivity contribution in [3.05, 3.63) is 23.8 Å². The second kappa shape index (κ2) is 15.2. The molecule has 1 rings (SSSR count). The first kappa shape index (κ1) is 27.3. The molecule has 7 nitrogen and oxygen atoms in total. The van der Waals surface area contributed by atoms with Crippen molar-refractivity contribution in [1.29, 1.82) is 0 Å². The largest absolute Gasteiger partial charge is 0.493 e. The summed E-state index contributed by atoms with van der Waals surface area (Å²) in [5.41, 5.74) is 6.95. The van der Waals surface area contributed by atoms with Crippen LogP contribution in [0.25, 0.3) is 0 Å². The Bertz CT molecular complexity index is 638. The molecule has 0 aliphatic heterocycles. The van der Waals surface area contributed by atoms with E-state index in [0.29, 0.717) is 36.6 Å². The summed E-state index contributed by atoms with van der Waals surface area (Å²) in [6.45, 7) is 9.41. The smallest absolute Gasteiger partial charge is 0.257 e. The number of halogens is 1. The van der Waals surface area contributed by atoms with E-state index >= 15 is 0 Å². The molecule has 1 atom stereocenters. The maximum atomic E-state index is 11.5. The number of carbonyl (C=O) groups is 1. The lowest BCUT2D eigenvalue weighted by Gasteiger charge is -2.15. The normalized spacial score (nSPS) is 12.1. The summed E-state index contributed by atoms with van der Waals surface area (Å²) in [5, 5.41) is 5.92. The van der Waals surface area contributed by atoms with E-state index in [1.54, 1.807) is 13.2 Å². The number of hydrogen-bond acceptors (Lipinski definition) is 4. The van der Waals surface area contributed by atoms with Gasteiger partial charge in [-0.1, -0.05) is 32.8 Å². The molecule has 0 radical (unpaired) electrons. The van der Waals surface area contributed by atoms with Crippen molar-refractivity contribution in [2.45, 2.75) is 59.5 Å². The molecule has 0 spiro atoms. The molecule has 0 bridgehead atoms. The van der Waals surface area contributed by atoms with Crippen LogP contribution in [0, 0.1) is 5.92 Å². The highest BCUT2D eigenvalue weighted by Crippen LogP contribution is 2.28. The molecule has 1 amide bonds. The van der Waals surface area contributed by atoms with Gasteiger partial charge in [0, 0.05) is 12.6 Å². The highest BCUT2D eigenvalue weighted by Gasteiger charge is 2.09. The Morgan fingerprint density at radius 2 is 1.93 bits per heavy atom. The Labute approximate surface area is 192 Å². The number of amides is 1. The van der Waals surface area contributed by atoms with Gasteiger partial charge >= 0.3 is 0 Å². The van der Waals surface area contributed by atoms with E-state index in [2.05, 4.69) is 36.4 Å². The van der Waals surface area contributed by atoms with Crippen LogP contribution >= 0.6 is 24.0 Å². The van der Waals surface area contributed by atoms with Crippen molar-refractivity contribution in [2.24, 2.45) is 16.6 Å². The monoisotopic (exact) mass is 520 g/mol. The number of nitrogens with zero attached hydrogens (tertiary/aromatic N) is 1. The van der Waals surface area contributed by atoms with E-state index in [9.17, 15) is 4.79 Å². The van der Waals surface area contributed by atoms with E-state index in [-0.39, 0.29) is 36.5 Å². The van der Waals surface area contributed by atoms with Gasteiger partial charge in [0.2, 0.25) is 0 Å². The maximum Gasteiger partial charge on any atom is 0.257 e. The fourth-order valence-corrected chi connectivity index (χ4v) is 2.70. The third kappa shape index (κ3) is 11.8. The predicted molar refractivity (Wildman–Crippen MR) is 129 cm³/mol. The molecular formula is C21H37IN4O3. The van der Waals surface area contributed by atoms with Gasteiger partial charge in [-0.3, -0.25) is 4.79 Å². The summed E-state index contributed by atoms with van der Waals surface area (Å²) in [5.74, 6) is 2.07. The topological polar surface area (TPSA) is 98.0 Å². The van der Waals surface area contributed by atoms with Gasteiger partial charge in [0.15, 0.2) is 24.1 Å². The fraction of sp³-hybridized carbons (Fsp3) is 0.619. The molecule has 1 aromatic rings. The van der Waals surface area contributed by atoms with Crippen LogP contribution < -0.4 is 25.8 Å². The molecular weight excluding hydrogens is 483 g/mol. The third-order valence-corrected chi connectivity index (χ3v) is 4.21. The van der Waals surface area contributed by atoms with Gasteiger partial charge in [-0.15, -0.1) is 24.0 Å². The summed E-state index contributed by atoms with van der Waals surface area (Å²) >= 11 is 0. The number of hydrogen-bond donors (Lipinski definition) is 3. The van der Waals surface area contributed by atoms with E-state index < -0.39 is 0 Å². The molecule has 0 fully saturated rings. The standard InChI is InChI=1S/C21H36N4O3.HI/c1-6-23-20(26)14-28-18-11-10-17(12-19(18)27-5)13-24-21(22)25-16(4)9-7-8-15(2)3;/h10-12,15-16H,6-9,13-14H2,1-5H3,(H,23,26)(H3,22,24,25);1H. The summed E-state index contributed by atoms with van der Waals surface area (Å²) in [4.78, 5) is 15.9. The molecule has 0 saturated carbocycles. The predicted octanol–water partition coefficient (Wildman–Crippen LogP) is 3.45. The second-order valence-corrected chi connectivity index (χ2v) is 7.30. The number of rotatable bonds is 12. The zero-order chi connectivity index (χ0) is 20.9. The zero-order valence-corrected chi connectivity index (χ0v) is 20.6. The van der Waals surface area contributed by atoms with Crippen LogP contribution in [0.5, 0.6) is 11.5 Å². The molecule has 1 aromatic carbocycles. The summed E-state index contributed by atoms with van der Waals surface area (Å²) in [6, 6.07) is 5.80. The van der Waals surface area contributed by atoms with Gasteiger partial charge in [-0.2, -0.15) is 0 Å². The molecule has 0 saturated heterocycles. The summed E-state index contributed by atoms with van der Waals surface area (Å²) in [7, 11) is 1.57. The van der Waals surface area contributed by atoms with Crippen molar-refractivity contribution >= 4 is 35.8 Å². The lowest BCUT2D eigenvalue weighted by atomic mass is 10.0. The van der Waals surface area contributed by atoms with Gasteiger partial charge < -0.3 is 25.8 Å². The molecule has 0 aliphatic carbocycles. The lowest BCUT2D eigenvalue weighted by molar-refractivity contribution is -0.123. The number of aliphatic imine (C=N–C) groups is 1. The van der Waals surface area contributed by atoms with Crippen molar-refractivity contribution in [3.8, 4) is 11.5 Å². The first-order valence-corrected chi connectivity index (χ1v) is 9.98. The van der Waals surface area contributed by atoms with Crippen LogP contribution in [-0.4, -0.2) is 38.2 Å². The zero-order valence-electron chi connectivity index (χ0n) is 18.3. The number of ether oxygens (including phenoxy) is 2. The highest BCUT2D eigenvalue weighted by atomic mass is 127. The fourth-order valence-electron chi connectivity index (χ4n) is 2.70. The molecule has 166 valence electrons. The van der Waals surface area contributed by atoms with Crippen LogP contribution in [0.1, 0.15) is 52.5 Å². The molecule has 4 N–H and O–H groups in total. The molecule has 0 aliphatic rings. The average molecular weight is 520 g/mol. The number of nitrogens with one attached hydrogen (secondary N) is 2. The van der Waals surface area contributed by atoms with Gasteiger partial charge in [0.1, 0.15) is 0 Å². The number of benzene rings is 1. The van der Waals surface area contributed by atoms with Crippen LogP contribution in [0.3, 0.4) is 0 Å². The Hall–Kier alpha value is -1.71. The molecule has 0 aromatic heterocycles. The molecule has 8 heteroatoms. The molecule has 1 unspecified atom stereocenters. The van der Waals surface area contributed by atoms with Crippen LogP contribution in [0.2, 0.25) is 0 Å². The maximum absolute atomic E-state index is 11.5. The first-order valence-electron chi connectivity index (χ1n) is 9.98. The van der Waals surface area contributed by atoms with Crippen molar-refractivity contribution < 1.29 is 14.3 Å². The van der Waals surface area contributed by atoms with E-state index in [4.69, 9.17) is 15.2 Å². The van der Waals surface area contributed by atoms with E-state index in [1.165, 1.54) is 12.8 Å². The summed E-state index contributed by atoms with van der Waals surface area (Å²) in [6.07, 6.45) is 3.46. The Kier molecular flexibility index (Phi) is 14.3. The van der Waals surface area contributed by atoms with Gasteiger partial charge in [0.25, 0.3) is 5.91 Å². The van der Waals surface area contributed by atoms with Crippen LogP contribution in [-0.2, 0) is 11.3 Å². The Morgan fingerprint density at radius 1 is 1.21 bits per heavy atom. The van der Waals surface area contributed by atoms with Gasteiger partial charge in [-0.25, -0.2) is 4.99 Å². The van der Waals surface area contributed by atoms with Crippen molar-refractivity contribution in [1.82, 2.24) is 10.6 Å². The number of carbonyl (C=O) groups excluding carboxylic acids is 1. The SMILES string of the molecule is CCNC(=O)COc1ccc(CN=C(N)NC(C)CCCC(C)C)cc1OC.I. The van der Waals surface area contributed by atoms with Gasteiger partial charge in [-0.05, 0) is 43.9 Å². The molecule has 29 heavy (non-hydrogen) atoms. The Balaban J connectivity index is 0.00000784. The number of guanidine groups is 1.